The highest BCUT2D eigenvalue weighted by Crippen LogP contribution is 2.42. The van der Waals surface area contributed by atoms with E-state index in [4.69, 9.17) is 24.3 Å². The van der Waals surface area contributed by atoms with E-state index in [1.165, 1.54) is 0 Å². The Bertz CT molecular complexity index is 2180. The van der Waals surface area contributed by atoms with Gasteiger partial charge in [-0.2, -0.15) is 0 Å². The molecule has 0 radical (unpaired) electrons. The van der Waals surface area contributed by atoms with E-state index in [9.17, 15) is 0 Å². The summed E-state index contributed by atoms with van der Waals surface area (Å²) in [7, 11) is -0.386. The first-order valence-corrected chi connectivity index (χ1v) is 14.7. The van der Waals surface area contributed by atoms with Gasteiger partial charge in [0.1, 0.15) is 0 Å². The van der Waals surface area contributed by atoms with Gasteiger partial charge in [-0.05, 0) is 62.5 Å². The Morgan fingerprint density at radius 3 is 1.81 bits per heavy atom. The molecule has 1 aliphatic rings. The molecular formula is C37H30BN3O2. The first-order chi connectivity index (χ1) is 20.8. The standard InChI is InChI=1S/C37H30BN3O2/c1-36(2)37(3,4)43-38(42-36)26-17-14-23(15-18-26)25-16-19-27-30(22-25)41-33(24-10-6-5-7-11-24)32-29-13-9-21-40-35(29)34-28(31(27)32)12-8-20-39-34/h5-22H,1-4H3. The van der Waals surface area contributed by atoms with Crippen LogP contribution in [0, 0.1) is 0 Å². The summed E-state index contributed by atoms with van der Waals surface area (Å²) in [4.78, 5) is 14.9. The fourth-order valence-corrected chi connectivity index (χ4v) is 6.19. The summed E-state index contributed by atoms with van der Waals surface area (Å²) in [5, 5.41) is 5.47. The Morgan fingerprint density at radius 1 is 0.558 bits per heavy atom. The molecule has 4 heterocycles. The van der Waals surface area contributed by atoms with E-state index < -0.39 is 0 Å². The van der Waals surface area contributed by atoms with Gasteiger partial charge in [0.2, 0.25) is 0 Å². The fraction of sp³-hybridized carbons (Fsp3) is 0.162. The van der Waals surface area contributed by atoms with Crippen molar-refractivity contribution >= 4 is 56.1 Å². The molecular weight excluding hydrogens is 529 g/mol. The maximum absolute atomic E-state index is 6.27. The summed E-state index contributed by atoms with van der Waals surface area (Å²) in [5.74, 6) is 0. The van der Waals surface area contributed by atoms with Crippen LogP contribution >= 0.6 is 0 Å². The van der Waals surface area contributed by atoms with Crippen molar-refractivity contribution in [1.29, 1.82) is 0 Å². The number of aromatic nitrogens is 3. The molecule has 0 saturated carbocycles. The highest BCUT2D eigenvalue weighted by Gasteiger charge is 2.51. The van der Waals surface area contributed by atoms with Crippen LogP contribution in [0.2, 0.25) is 0 Å². The average molecular weight is 559 g/mol. The minimum absolute atomic E-state index is 0.374. The lowest BCUT2D eigenvalue weighted by Gasteiger charge is -2.32. The van der Waals surface area contributed by atoms with Gasteiger partial charge in [0.05, 0.1) is 33.4 Å². The molecule has 0 spiro atoms. The topological polar surface area (TPSA) is 57.1 Å². The summed E-state index contributed by atoms with van der Waals surface area (Å²) >= 11 is 0. The Hall–Kier alpha value is -4.65. The van der Waals surface area contributed by atoms with Gasteiger partial charge < -0.3 is 9.31 Å². The third-order valence-electron chi connectivity index (χ3n) is 9.18. The molecule has 1 saturated heterocycles. The smallest absolute Gasteiger partial charge is 0.399 e. The number of benzene rings is 4. The van der Waals surface area contributed by atoms with Crippen LogP contribution in [-0.2, 0) is 9.31 Å². The number of nitrogens with zero attached hydrogens (tertiary/aromatic N) is 3. The first kappa shape index (κ1) is 26.0. The Morgan fingerprint density at radius 2 is 1.16 bits per heavy atom. The van der Waals surface area contributed by atoms with Crippen LogP contribution in [0.15, 0.2) is 109 Å². The van der Waals surface area contributed by atoms with Crippen molar-refractivity contribution in [2.24, 2.45) is 0 Å². The predicted molar refractivity (Wildman–Crippen MR) is 176 cm³/mol. The molecule has 208 valence electrons. The maximum atomic E-state index is 6.27. The quantitative estimate of drug-likeness (QED) is 0.162. The predicted octanol–water partition coefficient (Wildman–Crippen LogP) is 8.12. The Balaban J connectivity index is 1.34. The lowest BCUT2D eigenvalue weighted by Crippen LogP contribution is -2.41. The monoisotopic (exact) mass is 559 g/mol. The normalized spacial score (nSPS) is 16.0. The molecule has 0 bridgehead atoms. The summed E-state index contributed by atoms with van der Waals surface area (Å²) in [6.45, 7) is 8.32. The maximum Gasteiger partial charge on any atom is 0.494 e. The second-order valence-corrected chi connectivity index (χ2v) is 12.3. The van der Waals surface area contributed by atoms with E-state index in [0.29, 0.717) is 0 Å². The molecule has 5 nitrogen and oxygen atoms in total. The number of rotatable bonds is 3. The Labute approximate surface area is 250 Å². The zero-order valence-corrected chi connectivity index (χ0v) is 24.6. The van der Waals surface area contributed by atoms with Gasteiger partial charge in [0.15, 0.2) is 0 Å². The molecule has 0 aliphatic carbocycles. The molecule has 4 aromatic carbocycles. The second-order valence-electron chi connectivity index (χ2n) is 12.3. The molecule has 0 amide bonds. The number of hydrogen-bond acceptors (Lipinski definition) is 5. The van der Waals surface area contributed by atoms with Crippen LogP contribution in [0.1, 0.15) is 27.7 Å². The largest absolute Gasteiger partial charge is 0.494 e. The molecule has 0 atom stereocenters. The van der Waals surface area contributed by atoms with Crippen LogP contribution in [-0.4, -0.2) is 33.3 Å². The Kier molecular flexibility index (Phi) is 5.71. The number of pyridine rings is 3. The van der Waals surface area contributed by atoms with Crippen LogP contribution in [0.4, 0.5) is 0 Å². The molecule has 6 heteroatoms. The van der Waals surface area contributed by atoms with Crippen molar-refractivity contribution in [2.75, 3.05) is 0 Å². The van der Waals surface area contributed by atoms with Gasteiger partial charge in [0.25, 0.3) is 0 Å². The summed E-state index contributed by atoms with van der Waals surface area (Å²) in [5.41, 5.74) is 7.22. The lowest BCUT2D eigenvalue weighted by atomic mass is 9.78. The van der Waals surface area contributed by atoms with Gasteiger partial charge >= 0.3 is 7.12 Å². The van der Waals surface area contributed by atoms with E-state index in [-0.39, 0.29) is 18.3 Å². The van der Waals surface area contributed by atoms with Crippen molar-refractivity contribution in [3.8, 4) is 22.4 Å². The summed E-state index contributed by atoms with van der Waals surface area (Å²) in [6.07, 6.45) is 3.68. The first-order valence-electron chi connectivity index (χ1n) is 14.7. The summed E-state index contributed by atoms with van der Waals surface area (Å²) in [6, 6.07) is 33.8. The van der Waals surface area contributed by atoms with Gasteiger partial charge in [-0.1, -0.05) is 78.9 Å². The fourth-order valence-electron chi connectivity index (χ4n) is 6.19. The number of hydrogen-bond donors (Lipinski definition) is 0. The van der Waals surface area contributed by atoms with Gasteiger partial charge in [-0.25, -0.2) is 4.98 Å². The lowest BCUT2D eigenvalue weighted by molar-refractivity contribution is 0.00578. The molecule has 3 aromatic heterocycles. The van der Waals surface area contributed by atoms with Gasteiger partial charge in [0, 0.05) is 44.9 Å². The van der Waals surface area contributed by atoms with Crippen LogP contribution < -0.4 is 5.46 Å². The molecule has 1 fully saturated rings. The molecule has 0 unspecified atom stereocenters. The van der Waals surface area contributed by atoms with E-state index in [1.54, 1.807) is 0 Å². The van der Waals surface area contributed by atoms with Crippen LogP contribution in [0.3, 0.4) is 0 Å². The third-order valence-corrected chi connectivity index (χ3v) is 9.18. The van der Waals surface area contributed by atoms with E-state index in [0.717, 1.165) is 71.3 Å². The van der Waals surface area contributed by atoms with E-state index in [1.807, 2.05) is 30.6 Å². The van der Waals surface area contributed by atoms with Crippen LogP contribution in [0.25, 0.3) is 65.9 Å². The summed E-state index contributed by atoms with van der Waals surface area (Å²) < 4.78 is 12.5. The van der Waals surface area contributed by atoms with E-state index >= 15 is 0 Å². The van der Waals surface area contributed by atoms with Crippen LogP contribution in [0.5, 0.6) is 0 Å². The highest BCUT2D eigenvalue weighted by molar-refractivity contribution is 6.62. The molecule has 43 heavy (non-hydrogen) atoms. The SMILES string of the molecule is CC1(C)OB(c2ccc(-c3ccc4c(c3)nc(-c3ccccc3)c3c5cccnc5c5ncccc5c43)cc2)OC1(C)C. The zero-order valence-electron chi connectivity index (χ0n) is 24.6. The van der Waals surface area contributed by atoms with Gasteiger partial charge in [-0.15, -0.1) is 0 Å². The van der Waals surface area contributed by atoms with Crippen molar-refractivity contribution in [3.05, 3.63) is 109 Å². The van der Waals surface area contributed by atoms with Crippen molar-refractivity contribution in [3.63, 3.8) is 0 Å². The second kappa shape index (κ2) is 9.43. The molecule has 0 N–H and O–H groups in total. The van der Waals surface area contributed by atoms with Crippen molar-refractivity contribution in [2.45, 2.75) is 38.9 Å². The van der Waals surface area contributed by atoms with Gasteiger partial charge in [-0.3, -0.25) is 9.97 Å². The minimum atomic E-state index is -0.386. The highest BCUT2D eigenvalue weighted by atomic mass is 16.7. The molecule has 1 aliphatic heterocycles. The van der Waals surface area contributed by atoms with E-state index in [2.05, 4.69) is 107 Å². The van der Waals surface area contributed by atoms with Crippen molar-refractivity contribution in [1.82, 2.24) is 15.0 Å². The molecule has 8 rings (SSSR count). The zero-order chi connectivity index (χ0) is 29.3. The number of fused-ring (bicyclic) bond motifs is 8. The molecule has 7 aromatic rings. The third kappa shape index (κ3) is 4.05. The average Bonchev–Trinajstić information content (AvgIpc) is 3.26. The van der Waals surface area contributed by atoms with Crippen molar-refractivity contribution < 1.29 is 9.31 Å². The minimum Gasteiger partial charge on any atom is -0.399 e.